The zero-order valence-electron chi connectivity index (χ0n) is 12.1. The first-order chi connectivity index (χ1) is 10.0. The summed E-state index contributed by atoms with van der Waals surface area (Å²) in [5, 5.41) is 0. The van der Waals surface area contributed by atoms with Gasteiger partial charge in [-0.05, 0) is 30.0 Å². The Kier molecular flexibility index (Phi) is 5.36. The third kappa shape index (κ3) is 3.83. The van der Waals surface area contributed by atoms with E-state index in [1.807, 2.05) is 11.0 Å². The Hall–Kier alpha value is -1.40. The first kappa shape index (κ1) is 16.0. The van der Waals surface area contributed by atoms with Gasteiger partial charge in [-0.25, -0.2) is 5.84 Å². The number of rotatable bonds is 5. The molecule has 0 aliphatic carbocycles. The van der Waals surface area contributed by atoms with Crippen LogP contribution in [0.2, 0.25) is 0 Å². The largest absolute Gasteiger partial charge is 0.338 e. The molecule has 0 spiro atoms. The lowest BCUT2D eigenvalue weighted by atomic mass is 10.0. The number of nitrogens with one attached hydrogen (secondary N) is 1. The van der Waals surface area contributed by atoms with Crippen LogP contribution in [0.15, 0.2) is 22.7 Å². The van der Waals surface area contributed by atoms with E-state index in [1.165, 1.54) is 0 Å². The zero-order valence-corrected chi connectivity index (χ0v) is 13.6. The number of nitrogens with two attached hydrogens (primary N) is 1. The zero-order chi connectivity index (χ0) is 15.4. The molecule has 0 bridgehead atoms. The van der Waals surface area contributed by atoms with E-state index in [1.54, 1.807) is 12.1 Å². The highest BCUT2D eigenvalue weighted by molar-refractivity contribution is 9.10. The van der Waals surface area contributed by atoms with E-state index in [2.05, 4.69) is 28.3 Å². The quantitative estimate of drug-likeness (QED) is 0.484. The minimum Gasteiger partial charge on any atom is -0.338 e. The molecule has 1 aromatic carbocycles. The first-order valence-corrected chi connectivity index (χ1v) is 7.91. The predicted octanol–water partition coefficient (Wildman–Crippen LogP) is 2.20. The van der Waals surface area contributed by atoms with Crippen LogP contribution in [-0.2, 0) is 11.3 Å². The Balaban J connectivity index is 2.06. The number of carbonyl (C=O) groups is 2. The van der Waals surface area contributed by atoms with E-state index < -0.39 is 0 Å². The number of hydrazine groups is 1. The lowest BCUT2D eigenvalue weighted by Crippen LogP contribution is -2.30. The van der Waals surface area contributed by atoms with Gasteiger partial charge in [-0.3, -0.25) is 15.0 Å². The fraction of sp³-hybridized carbons (Fsp3) is 0.467. The summed E-state index contributed by atoms with van der Waals surface area (Å²) in [4.78, 5) is 25.4. The average Bonchev–Trinajstić information content (AvgIpc) is 2.80. The van der Waals surface area contributed by atoms with Gasteiger partial charge in [0.15, 0.2) is 0 Å². The lowest BCUT2D eigenvalue weighted by molar-refractivity contribution is -0.128. The molecular weight excluding hydrogens is 334 g/mol. The van der Waals surface area contributed by atoms with Crippen molar-refractivity contribution < 1.29 is 9.59 Å². The lowest BCUT2D eigenvalue weighted by Gasteiger charge is -2.18. The molecule has 1 unspecified atom stereocenters. The Morgan fingerprint density at radius 3 is 2.90 bits per heavy atom. The number of amides is 2. The number of benzene rings is 1. The molecule has 1 aliphatic rings. The van der Waals surface area contributed by atoms with Crippen LogP contribution in [0.25, 0.3) is 0 Å². The van der Waals surface area contributed by atoms with Gasteiger partial charge in [-0.15, -0.1) is 0 Å². The number of hydrogen-bond donors (Lipinski definition) is 2. The highest BCUT2D eigenvalue weighted by Gasteiger charge is 2.29. The molecule has 1 saturated heterocycles. The highest BCUT2D eigenvalue weighted by atomic mass is 79.9. The molecule has 0 aromatic heterocycles. The number of nitrogens with zero attached hydrogens (tertiary/aromatic N) is 1. The Bertz CT molecular complexity index is 548. The average molecular weight is 354 g/mol. The molecule has 114 valence electrons. The highest BCUT2D eigenvalue weighted by Crippen LogP contribution is 2.26. The topological polar surface area (TPSA) is 75.4 Å². The van der Waals surface area contributed by atoms with E-state index >= 15 is 0 Å². The van der Waals surface area contributed by atoms with Crippen molar-refractivity contribution in [2.24, 2.45) is 11.8 Å². The minimum absolute atomic E-state index is 0.212. The van der Waals surface area contributed by atoms with Crippen molar-refractivity contribution in [3.05, 3.63) is 33.8 Å². The van der Waals surface area contributed by atoms with E-state index in [0.29, 0.717) is 24.4 Å². The van der Waals surface area contributed by atoms with Crippen LogP contribution in [0.5, 0.6) is 0 Å². The third-order valence-electron chi connectivity index (χ3n) is 3.80. The molecule has 1 fully saturated rings. The summed E-state index contributed by atoms with van der Waals surface area (Å²) in [5.41, 5.74) is 3.59. The van der Waals surface area contributed by atoms with E-state index in [0.717, 1.165) is 29.4 Å². The summed E-state index contributed by atoms with van der Waals surface area (Å²) >= 11 is 3.46. The summed E-state index contributed by atoms with van der Waals surface area (Å²) in [6.07, 6.45) is 2.86. The van der Waals surface area contributed by atoms with E-state index in [4.69, 9.17) is 5.84 Å². The second-order valence-electron chi connectivity index (χ2n) is 5.41. The predicted molar refractivity (Wildman–Crippen MR) is 84.2 cm³/mol. The Labute approximate surface area is 133 Å². The molecular formula is C15H20BrN3O2. The van der Waals surface area contributed by atoms with Crippen molar-refractivity contribution >= 4 is 27.7 Å². The van der Waals surface area contributed by atoms with Crippen LogP contribution in [-0.4, -0.2) is 23.3 Å². The van der Waals surface area contributed by atoms with Crippen LogP contribution in [0.4, 0.5) is 0 Å². The number of halogens is 1. The van der Waals surface area contributed by atoms with Crippen LogP contribution in [0, 0.1) is 5.92 Å². The molecule has 1 aliphatic heterocycles. The normalized spacial score (nSPS) is 18.1. The van der Waals surface area contributed by atoms with Crippen molar-refractivity contribution in [3.8, 4) is 0 Å². The standard InChI is InChI=1S/C15H20BrN3O2/c1-2-3-10-6-14(20)19(8-10)9-12-5-4-11(7-13(12)16)15(21)18-17/h4-5,7,10H,2-3,6,8-9,17H2,1H3,(H,18,21). The first-order valence-electron chi connectivity index (χ1n) is 7.12. The maximum absolute atomic E-state index is 12.0. The SMILES string of the molecule is CCCC1CC(=O)N(Cc2ccc(C(=O)NN)cc2Br)C1. The van der Waals surface area contributed by atoms with Crippen LogP contribution < -0.4 is 11.3 Å². The van der Waals surface area contributed by atoms with E-state index in [-0.39, 0.29) is 11.8 Å². The smallest absolute Gasteiger partial charge is 0.265 e. The van der Waals surface area contributed by atoms with Crippen molar-refractivity contribution in [2.45, 2.75) is 32.7 Å². The summed E-state index contributed by atoms with van der Waals surface area (Å²) in [7, 11) is 0. The molecule has 1 atom stereocenters. The summed E-state index contributed by atoms with van der Waals surface area (Å²) in [6.45, 7) is 3.54. The molecule has 2 amide bonds. The number of nitrogen functional groups attached to an aromatic ring is 1. The molecule has 2 rings (SSSR count). The number of carbonyl (C=O) groups excluding carboxylic acids is 2. The van der Waals surface area contributed by atoms with E-state index in [9.17, 15) is 9.59 Å². The molecule has 3 N–H and O–H groups in total. The second-order valence-corrected chi connectivity index (χ2v) is 6.27. The van der Waals surface area contributed by atoms with Gasteiger partial charge in [-0.2, -0.15) is 0 Å². The molecule has 1 heterocycles. The van der Waals surface area contributed by atoms with Gasteiger partial charge in [0.1, 0.15) is 0 Å². The molecule has 1 aromatic rings. The molecule has 6 heteroatoms. The van der Waals surface area contributed by atoms with Crippen molar-refractivity contribution in [3.63, 3.8) is 0 Å². The Morgan fingerprint density at radius 2 is 2.29 bits per heavy atom. The Morgan fingerprint density at radius 1 is 1.52 bits per heavy atom. The van der Waals surface area contributed by atoms with Crippen molar-refractivity contribution in [1.82, 2.24) is 10.3 Å². The van der Waals surface area contributed by atoms with Gasteiger partial charge < -0.3 is 4.90 Å². The van der Waals surface area contributed by atoms with Crippen LogP contribution in [0.1, 0.15) is 42.1 Å². The van der Waals surface area contributed by atoms with Gasteiger partial charge >= 0.3 is 0 Å². The van der Waals surface area contributed by atoms with Gasteiger partial charge in [0.05, 0.1) is 0 Å². The summed E-state index contributed by atoms with van der Waals surface area (Å²) < 4.78 is 0.815. The van der Waals surface area contributed by atoms with Crippen molar-refractivity contribution in [2.75, 3.05) is 6.54 Å². The molecule has 0 saturated carbocycles. The summed E-state index contributed by atoms with van der Waals surface area (Å²) in [5.74, 6) is 5.48. The summed E-state index contributed by atoms with van der Waals surface area (Å²) in [6, 6.07) is 5.29. The third-order valence-corrected chi connectivity index (χ3v) is 4.54. The maximum Gasteiger partial charge on any atom is 0.265 e. The van der Waals surface area contributed by atoms with Gasteiger partial charge in [0.2, 0.25) is 5.91 Å². The van der Waals surface area contributed by atoms with Gasteiger partial charge in [0, 0.05) is 29.5 Å². The molecule has 5 nitrogen and oxygen atoms in total. The van der Waals surface area contributed by atoms with Gasteiger partial charge in [0.25, 0.3) is 5.91 Å². The fourth-order valence-electron chi connectivity index (χ4n) is 2.71. The number of likely N-dealkylation sites (tertiary alicyclic amines) is 1. The minimum atomic E-state index is -0.331. The molecule has 0 radical (unpaired) electrons. The van der Waals surface area contributed by atoms with Crippen molar-refractivity contribution in [1.29, 1.82) is 0 Å². The number of hydrogen-bond acceptors (Lipinski definition) is 3. The fourth-order valence-corrected chi connectivity index (χ4v) is 3.22. The van der Waals surface area contributed by atoms with Crippen LogP contribution >= 0.6 is 15.9 Å². The van der Waals surface area contributed by atoms with Crippen LogP contribution in [0.3, 0.4) is 0 Å². The molecule has 21 heavy (non-hydrogen) atoms. The maximum atomic E-state index is 12.0. The second kappa shape index (κ2) is 7.04. The monoisotopic (exact) mass is 353 g/mol. The van der Waals surface area contributed by atoms with Gasteiger partial charge in [-0.1, -0.05) is 35.3 Å².